The van der Waals surface area contributed by atoms with Crippen molar-refractivity contribution < 1.29 is 4.74 Å². The molecule has 2 aromatic carbocycles. The summed E-state index contributed by atoms with van der Waals surface area (Å²) in [6.45, 7) is 2.35. The van der Waals surface area contributed by atoms with Crippen molar-refractivity contribution in [3.8, 4) is 11.8 Å². The zero-order valence-electron chi connectivity index (χ0n) is 11.8. The van der Waals surface area contributed by atoms with E-state index in [0.29, 0.717) is 29.4 Å². The molecular formula is C17H17ClN2O. The van der Waals surface area contributed by atoms with Crippen LogP contribution in [0.15, 0.2) is 42.5 Å². The Balaban J connectivity index is 2.13. The van der Waals surface area contributed by atoms with Gasteiger partial charge in [-0.3, -0.25) is 0 Å². The normalized spacial score (nSPS) is 11.7. The van der Waals surface area contributed by atoms with Gasteiger partial charge in [-0.1, -0.05) is 35.9 Å². The molecule has 21 heavy (non-hydrogen) atoms. The third-order valence-corrected chi connectivity index (χ3v) is 3.35. The molecule has 3 nitrogen and oxygen atoms in total. The quantitative estimate of drug-likeness (QED) is 0.916. The fourth-order valence-corrected chi connectivity index (χ4v) is 2.30. The molecule has 0 aliphatic heterocycles. The molecule has 2 N–H and O–H groups in total. The molecule has 0 heterocycles. The first-order valence-electron chi connectivity index (χ1n) is 6.75. The van der Waals surface area contributed by atoms with Gasteiger partial charge < -0.3 is 10.5 Å². The van der Waals surface area contributed by atoms with Crippen LogP contribution in [-0.2, 0) is 13.0 Å². The van der Waals surface area contributed by atoms with Crippen molar-refractivity contribution in [2.45, 2.75) is 26.0 Å². The molecule has 4 heteroatoms. The van der Waals surface area contributed by atoms with Crippen LogP contribution in [0.3, 0.4) is 0 Å². The summed E-state index contributed by atoms with van der Waals surface area (Å²) in [5, 5.41) is 9.37. The minimum absolute atomic E-state index is 0.0423. The van der Waals surface area contributed by atoms with Crippen molar-refractivity contribution in [2.24, 2.45) is 5.73 Å². The maximum atomic E-state index is 8.78. The van der Waals surface area contributed by atoms with Crippen LogP contribution in [0.1, 0.15) is 23.6 Å². The fourth-order valence-electron chi connectivity index (χ4n) is 2.05. The van der Waals surface area contributed by atoms with Crippen molar-refractivity contribution in [3.63, 3.8) is 0 Å². The van der Waals surface area contributed by atoms with E-state index >= 15 is 0 Å². The molecule has 0 fully saturated rings. The SMILES string of the molecule is CC(N)Cc1cccc(Cl)c1OCc1ccc(C#N)cc1. The summed E-state index contributed by atoms with van der Waals surface area (Å²) in [6.07, 6.45) is 0.712. The van der Waals surface area contributed by atoms with Crippen LogP contribution in [-0.4, -0.2) is 6.04 Å². The topological polar surface area (TPSA) is 59.0 Å². The second-order valence-electron chi connectivity index (χ2n) is 5.01. The van der Waals surface area contributed by atoms with Crippen LogP contribution < -0.4 is 10.5 Å². The Bertz CT molecular complexity index is 645. The lowest BCUT2D eigenvalue weighted by Crippen LogP contribution is -2.18. The van der Waals surface area contributed by atoms with Gasteiger partial charge in [0.1, 0.15) is 12.4 Å². The lowest BCUT2D eigenvalue weighted by Gasteiger charge is -2.14. The first-order valence-corrected chi connectivity index (χ1v) is 7.12. The van der Waals surface area contributed by atoms with E-state index in [4.69, 9.17) is 27.3 Å². The number of nitriles is 1. The van der Waals surface area contributed by atoms with Crippen LogP contribution in [0.4, 0.5) is 0 Å². The number of para-hydroxylation sites is 1. The minimum atomic E-state index is 0.0423. The Morgan fingerprint density at radius 3 is 2.57 bits per heavy atom. The van der Waals surface area contributed by atoms with E-state index in [9.17, 15) is 0 Å². The third-order valence-electron chi connectivity index (χ3n) is 3.06. The van der Waals surface area contributed by atoms with Gasteiger partial charge in [0.25, 0.3) is 0 Å². The van der Waals surface area contributed by atoms with Gasteiger partial charge in [0, 0.05) is 6.04 Å². The van der Waals surface area contributed by atoms with Crippen molar-refractivity contribution >= 4 is 11.6 Å². The summed E-state index contributed by atoms with van der Waals surface area (Å²) in [5.41, 5.74) is 8.48. The van der Waals surface area contributed by atoms with Crippen LogP contribution in [0, 0.1) is 11.3 Å². The Hall–Kier alpha value is -2.02. The minimum Gasteiger partial charge on any atom is -0.487 e. The molecule has 0 aliphatic rings. The van der Waals surface area contributed by atoms with Gasteiger partial charge in [0.05, 0.1) is 16.7 Å². The van der Waals surface area contributed by atoms with E-state index in [2.05, 4.69) is 6.07 Å². The van der Waals surface area contributed by atoms with Gasteiger partial charge in [-0.2, -0.15) is 5.26 Å². The molecule has 2 rings (SSSR count). The number of rotatable bonds is 5. The van der Waals surface area contributed by atoms with Crippen LogP contribution in [0.2, 0.25) is 5.02 Å². The molecule has 0 amide bonds. The zero-order valence-corrected chi connectivity index (χ0v) is 12.6. The number of nitrogens with zero attached hydrogens (tertiary/aromatic N) is 1. The number of ether oxygens (including phenoxy) is 1. The molecule has 0 saturated carbocycles. The van der Waals surface area contributed by atoms with Gasteiger partial charge in [-0.05, 0) is 42.7 Å². The van der Waals surface area contributed by atoms with Gasteiger partial charge in [-0.25, -0.2) is 0 Å². The number of hydrogen-bond acceptors (Lipinski definition) is 3. The molecule has 0 radical (unpaired) electrons. The molecule has 0 bridgehead atoms. The maximum absolute atomic E-state index is 8.78. The van der Waals surface area contributed by atoms with Gasteiger partial charge in [0.15, 0.2) is 0 Å². The van der Waals surface area contributed by atoms with Crippen LogP contribution in [0.5, 0.6) is 5.75 Å². The van der Waals surface area contributed by atoms with Gasteiger partial charge in [-0.15, -0.1) is 0 Å². The number of halogens is 1. The molecule has 0 saturated heterocycles. The Morgan fingerprint density at radius 1 is 1.24 bits per heavy atom. The maximum Gasteiger partial charge on any atom is 0.141 e. The Labute approximate surface area is 129 Å². The van der Waals surface area contributed by atoms with Crippen molar-refractivity contribution in [3.05, 3.63) is 64.2 Å². The predicted octanol–water partition coefficient (Wildman–Crippen LogP) is 3.68. The monoisotopic (exact) mass is 300 g/mol. The smallest absolute Gasteiger partial charge is 0.141 e. The van der Waals surface area contributed by atoms with Crippen LogP contribution >= 0.6 is 11.6 Å². The highest BCUT2D eigenvalue weighted by molar-refractivity contribution is 6.32. The summed E-state index contributed by atoms with van der Waals surface area (Å²) >= 11 is 6.22. The summed E-state index contributed by atoms with van der Waals surface area (Å²) in [7, 11) is 0. The van der Waals surface area contributed by atoms with Gasteiger partial charge in [0.2, 0.25) is 0 Å². The lowest BCUT2D eigenvalue weighted by atomic mass is 10.1. The summed E-state index contributed by atoms with van der Waals surface area (Å²) in [6, 6.07) is 15.1. The highest BCUT2D eigenvalue weighted by Gasteiger charge is 2.10. The molecule has 108 valence electrons. The van der Waals surface area contributed by atoms with E-state index in [-0.39, 0.29) is 6.04 Å². The van der Waals surface area contributed by atoms with Crippen molar-refractivity contribution in [1.29, 1.82) is 5.26 Å². The second kappa shape index (κ2) is 7.12. The predicted molar refractivity (Wildman–Crippen MR) is 84.3 cm³/mol. The molecule has 2 aromatic rings. The Morgan fingerprint density at radius 2 is 1.95 bits per heavy atom. The van der Waals surface area contributed by atoms with E-state index in [1.54, 1.807) is 18.2 Å². The molecule has 0 aliphatic carbocycles. The number of benzene rings is 2. The summed E-state index contributed by atoms with van der Waals surface area (Å²) in [4.78, 5) is 0. The zero-order chi connectivity index (χ0) is 15.2. The Kier molecular flexibility index (Phi) is 5.21. The average molecular weight is 301 g/mol. The number of hydrogen-bond donors (Lipinski definition) is 1. The average Bonchev–Trinajstić information content (AvgIpc) is 2.46. The lowest BCUT2D eigenvalue weighted by molar-refractivity contribution is 0.302. The largest absolute Gasteiger partial charge is 0.487 e. The van der Waals surface area contributed by atoms with Crippen molar-refractivity contribution in [2.75, 3.05) is 0 Å². The summed E-state index contributed by atoms with van der Waals surface area (Å²) in [5.74, 6) is 0.681. The van der Waals surface area contributed by atoms with Crippen molar-refractivity contribution in [1.82, 2.24) is 0 Å². The molecular weight excluding hydrogens is 284 g/mol. The van der Waals surface area contributed by atoms with E-state index in [1.165, 1.54) is 0 Å². The molecule has 0 spiro atoms. The second-order valence-corrected chi connectivity index (χ2v) is 5.41. The standard InChI is InChI=1S/C17H17ClN2O/c1-12(20)9-15-3-2-4-16(18)17(15)21-11-14-7-5-13(10-19)6-8-14/h2-8,12H,9,11,20H2,1H3. The van der Waals surface area contributed by atoms with Crippen LogP contribution in [0.25, 0.3) is 0 Å². The van der Waals surface area contributed by atoms with Gasteiger partial charge >= 0.3 is 0 Å². The molecule has 0 aromatic heterocycles. The van der Waals surface area contributed by atoms with E-state index < -0.39 is 0 Å². The first kappa shape index (κ1) is 15.4. The van der Waals surface area contributed by atoms with E-state index in [0.717, 1.165) is 11.1 Å². The fraction of sp³-hybridized carbons (Fsp3) is 0.235. The molecule has 1 unspecified atom stereocenters. The first-order chi connectivity index (χ1) is 10.1. The third kappa shape index (κ3) is 4.22. The van der Waals surface area contributed by atoms with E-state index in [1.807, 2.05) is 31.2 Å². The summed E-state index contributed by atoms with van der Waals surface area (Å²) < 4.78 is 5.86. The number of nitrogens with two attached hydrogens (primary N) is 1. The molecule has 1 atom stereocenters. The highest BCUT2D eigenvalue weighted by atomic mass is 35.5. The highest BCUT2D eigenvalue weighted by Crippen LogP contribution is 2.30.